The third-order valence-corrected chi connectivity index (χ3v) is 4.50. The molecule has 0 bridgehead atoms. The van der Waals surface area contributed by atoms with Crippen molar-refractivity contribution in [2.75, 3.05) is 25.4 Å². The van der Waals surface area contributed by atoms with Crippen molar-refractivity contribution in [1.29, 1.82) is 0 Å². The van der Waals surface area contributed by atoms with Crippen molar-refractivity contribution >= 4 is 15.7 Å². The summed E-state index contributed by atoms with van der Waals surface area (Å²) in [7, 11) is -3.63. The molecule has 0 spiro atoms. The van der Waals surface area contributed by atoms with Gasteiger partial charge in [0.05, 0.1) is 23.8 Å². The van der Waals surface area contributed by atoms with Crippen LogP contribution in [0.15, 0.2) is 35.2 Å². The monoisotopic (exact) mass is 321 g/mol. The fourth-order valence-corrected chi connectivity index (χ4v) is 2.98. The number of nitrogens with zero attached hydrogens (tertiary/aromatic N) is 1. The lowest BCUT2D eigenvalue weighted by Crippen LogP contribution is -2.38. The first-order chi connectivity index (χ1) is 9.86. The second-order valence-electron chi connectivity index (χ2n) is 4.34. The van der Waals surface area contributed by atoms with Crippen molar-refractivity contribution in [3.05, 3.63) is 30.3 Å². The quantitative estimate of drug-likeness (QED) is 0.773. The van der Waals surface area contributed by atoms with Crippen LogP contribution in [0, 0.1) is 0 Å². The van der Waals surface area contributed by atoms with E-state index in [0.717, 1.165) is 4.90 Å². The van der Waals surface area contributed by atoms with E-state index in [1.54, 1.807) is 18.2 Å². The topological polar surface area (TPSA) is 74.7 Å². The van der Waals surface area contributed by atoms with Gasteiger partial charge >= 0.3 is 0 Å². The lowest BCUT2D eigenvalue weighted by atomic mass is 10.3. The summed E-state index contributed by atoms with van der Waals surface area (Å²) in [5.41, 5.74) is 0. The maximum Gasteiger partial charge on any atom is 0.255 e. The summed E-state index contributed by atoms with van der Waals surface area (Å²) in [6, 6.07) is 7.60. The highest BCUT2D eigenvalue weighted by Gasteiger charge is 2.21. The van der Waals surface area contributed by atoms with Gasteiger partial charge in [-0.2, -0.15) is 0 Å². The van der Waals surface area contributed by atoms with E-state index >= 15 is 0 Å². The molecule has 0 aliphatic heterocycles. The summed E-state index contributed by atoms with van der Waals surface area (Å²) in [4.78, 5) is 12.6. The summed E-state index contributed by atoms with van der Waals surface area (Å²) in [6.45, 7) is -1.51. The minimum absolute atomic E-state index is 0.0837. The van der Waals surface area contributed by atoms with Crippen molar-refractivity contribution in [2.24, 2.45) is 0 Å². The minimum atomic E-state index is -3.63. The number of aliphatic hydroxyl groups is 1. The van der Waals surface area contributed by atoms with Crippen LogP contribution < -0.4 is 0 Å². The molecule has 1 amide bonds. The van der Waals surface area contributed by atoms with Gasteiger partial charge in [-0.1, -0.05) is 18.2 Å². The lowest BCUT2D eigenvalue weighted by Gasteiger charge is -2.21. The molecule has 0 fully saturated rings. The maximum absolute atomic E-state index is 12.3. The van der Waals surface area contributed by atoms with E-state index in [2.05, 4.69) is 0 Å². The van der Waals surface area contributed by atoms with Crippen LogP contribution in [0.25, 0.3) is 0 Å². The molecule has 0 aliphatic carbocycles. The van der Waals surface area contributed by atoms with Crippen molar-refractivity contribution in [2.45, 2.75) is 17.7 Å². The first-order valence-corrected chi connectivity index (χ1v) is 7.96. The van der Waals surface area contributed by atoms with Gasteiger partial charge < -0.3 is 10.0 Å². The van der Waals surface area contributed by atoms with Crippen LogP contribution in [0.2, 0.25) is 0 Å². The van der Waals surface area contributed by atoms with Gasteiger partial charge in [0.2, 0.25) is 5.91 Å². The van der Waals surface area contributed by atoms with Crippen LogP contribution in [0.4, 0.5) is 8.78 Å². The average Bonchev–Trinajstić information content (AvgIpc) is 2.45. The van der Waals surface area contributed by atoms with Crippen molar-refractivity contribution in [3.8, 4) is 0 Å². The first-order valence-electron chi connectivity index (χ1n) is 6.31. The average molecular weight is 321 g/mol. The van der Waals surface area contributed by atoms with E-state index in [-0.39, 0.29) is 11.4 Å². The fraction of sp³-hybridized carbons (Fsp3) is 0.462. The summed E-state index contributed by atoms with van der Waals surface area (Å²) in [6.07, 6.45) is -3.13. The number of benzene rings is 1. The van der Waals surface area contributed by atoms with Crippen LogP contribution in [-0.2, 0) is 14.6 Å². The number of rotatable bonds is 8. The number of sulfone groups is 1. The van der Waals surface area contributed by atoms with Gasteiger partial charge in [0, 0.05) is 13.0 Å². The molecule has 8 heteroatoms. The summed E-state index contributed by atoms with van der Waals surface area (Å²) >= 11 is 0. The molecule has 1 N–H and O–H groups in total. The van der Waals surface area contributed by atoms with Crippen molar-refractivity contribution in [3.63, 3.8) is 0 Å². The highest BCUT2D eigenvalue weighted by atomic mass is 32.2. The minimum Gasteiger partial charge on any atom is -0.395 e. The van der Waals surface area contributed by atoms with E-state index in [1.165, 1.54) is 12.1 Å². The Morgan fingerprint density at radius 1 is 1.24 bits per heavy atom. The maximum atomic E-state index is 12.3. The first kappa shape index (κ1) is 17.5. The van der Waals surface area contributed by atoms with E-state index in [4.69, 9.17) is 5.11 Å². The molecule has 0 aliphatic rings. The molecule has 1 rings (SSSR count). The molecule has 0 radical (unpaired) electrons. The van der Waals surface area contributed by atoms with Gasteiger partial charge in [-0.15, -0.1) is 0 Å². The second kappa shape index (κ2) is 8.04. The molecule has 1 aromatic carbocycles. The Balaban J connectivity index is 2.66. The molecule has 0 saturated heterocycles. The molecule has 5 nitrogen and oxygen atoms in total. The summed E-state index contributed by atoms with van der Waals surface area (Å²) in [5.74, 6) is -1.18. The van der Waals surface area contributed by atoms with Crippen molar-refractivity contribution in [1.82, 2.24) is 4.90 Å². The van der Waals surface area contributed by atoms with Crippen LogP contribution in [0.3, 0.4) is 0 Å². The van der Waals surface area contributed by atoms with Crippen LogP contribution >= 0.6 is 0 Å². The molecule has 0 aromatic heterocycles. The van der Waals surface area contributed by atoms with Gasteiger partial charge in [-0.05, 0) is 12.1 Å². The van der Waals surface area contributed by atoms with Gasteiger partial charge in [0.15, 0.2) is 9.84 Å². The van der Waals surface area contributed by atoms with Crippen LogP contribution in [0.5, 0.6) is 0 Å². The Hall–Kier alpha value is -1.54. The Morgan fingerprint density at radius 2 is 1.86 bits per heavy atom. The van der Waals surface area contributed by atoms with Crippen LogP contribution in [0.1, 0.15) is 6.42 Å². The third kappa shape index (κ3) is 5.76. The Labute approximate surface area is 122 Å². The molecule has 0 atom stereocenters. The lowest BCUT2D eigenvalue weighted by molar-refractivity contribution is -0.133. The van der Waals surface area contributed by atoms with Gasteiger partial charge in [-0.3, -0.25) is 4.79 Å². The molecule has 0 heterocycles. The van der Waals surface area contributed by atoms with E-state index in [1.807, 2.05) is 0 Å². The Bertz CT molecular complexity index is 549. The number of alkyl halides is 2. The number of amides is 1. The molecular formula is C13H17F2NO4S. The highest BCUT2D eigenvalue weighted by Crippen LogP contribution is 2.12. The summed E-state index contributed by atoms with van der Waals surface area (Å²) < 4.78 is 48.6. The molecule has 1 aromatic rings. The Morgan fingerprint density at radius 3 is 2.38 bits per heavy atom. The zero-order valence-corrected chi connectivity index (χ0v) is 12.1. The van der Waals surface area contributed by atoms with E-state index in [0.29, 0.717) is 0 Å². The highest BCUT2D eigenvalue weighted by molar-refractivity contribution is 7.91. The number of carbonyl (C=O) groups is 1. The fourth-order valence-electron chi connectivity index (χ4n) is 1.73. The number of halogens is 2. The van der Waals surface area contributed by atoms with Gasteiger partial charge in [-0.25, -0.2) is 17.2 Å². The van der Waals surface area contributed by atoms with Crippen LogP contribution in [-0.4, -0.2) is 56.2 Å². The smallest absolute Gasteiger partial charge is 0.255 e. The number of aliphatic hydroxyl groups excluding tert-OH is 1. The molecule has 0 saturated carbocycles. The predicted octanol–water partition coefficient (Wildman–Crippen LogP) is 0.936. The van der Waals surface area contributed by atoms with E-state index < -0.39 is 47.5 Å². The molecular weight excluding hydrogens is 304 g/mol. The standard InChI is InChI=1S/C13H17F2NO4S/c14-12(15)10-16(7-8-17)13(18)6-9-21(19,20)11-4-2-1-3-5-11/h1-5,12,17H,6-10H2. The molecule has 21 heavy (non-hydrogen) atoms. The van der Waals surface area contributed by atoms with E-state index in [9.17, 15) is 22.0 Å². The largest absolute Gasteiger partial charge is 0.395 e. The molecule has 0 unspecified atom stereocenters. The zero-order valence-electron chi connectivity index (χ0n) is 11.3. The van der Waals surface area contributed by atoms with Crippen molar-refractivity contribution < 1.29 is 27.1 Å². The number of hydrogen-bond donors (Lipinski definition) is 1. The van der Waals surface area contributed by atoms with Gasteiger partial charge in [0.1, 0.15) is 0 Å². The predicted molar refractivity (Wildman–Crippen MR) is 72.8 cm³/mol. The normalized spacial score (nSPS) is 11.6. The second-order valence-corrected chi connectivity index (χ2v) is 6.45. The molecule has 118 valence electrons. The summed E-state index contributed by atoms with van der Waals surface area (Å²) in [5, 5.41) is 8.75. The number of hydrogen-bond acceptors (Lipinski definition) is 4. The third-order valence-electron chi connectivity index (χ3n) is 2.77. The Kier molecular flexibility index (Phi) is 6.70. The number of carbonyl (C=O) groups excluding carboxylic acids is 1. The van der Waals surface area contributed by atoms with Gasteiger partial charge in [0.25, 0.3) is 6.43 Å². The SMILES string of the molecule is O=C(CCS(=O)(=O)c1ccccc1)N(CCO)CC(F)F. The zero-order chi connectivity index (χ0) is 15.9.